The topological polar surface area (TPSA) is 72.9 Å². The van der Waals surface area contributed by atoms with E-state index in [0.717, 1.165) is 49.9 Å². The molecule has 2 saturated heterocycles. The largest absolute Gasteiger partial charge is 0.354 e. The average molecular weight is 453 g/mol. The first-order chi connectivity index (χ1) is 14.7. The number of likely N-dealkylation sites (N-methyl/N-ethyl adjacent to an activating group) is 1. The fourth-order valence-electron chi connectivity index (χ4n) is 3.88. The first kappa shape index (κ1) is 21.8. The highest BCUT2D eigenvalue weighted by molar-refractivity contribution is 7.89. The molecule has 0 radical (unpaired) electrons. The smallest absolute Gasteiger partial charge is 0.246 e. The molecule has 0 amide bonds. The highest BCUT2D eigenvalue weighted by Gasteiger charge is 2.31. The van der Waals surface area contributed by atoms with Crippen molar-refractivity contribution < 1.29 is 17.2 Å². The molecule has 0 bridgehead atoms. The number of hydrogen-bond acceptors (Lipinski definition) is 7. The first-order valence-corrected chi connectivity index (χ1v) is 11.7. The predicted molar refractivity (Wildman–Crippen MR) is 114 cm³/mol. The fraction of sp³-hybridized carbons (Fsp3) is 0.500. The Balaban J connectivity index is 1.47. The van der Waals surface area contributed by atoms with Crippen LogP contribution in [0.15, 0.2) is 29.2 Å². The van der Waals surface area contributed by atoms with Gasteiger partial charge in [-0.1, -0.05) is 0 Å². The number of piperazine rings is 2. The van der Waals surface area contributed by atoms with Crippen molar-refractivity contribution in [3.05, 3.63) is 41.7 Å². The minimum absolute atomic E-state index is 0.187. The number of aromatic nitrogens is 2. The minimum Gasteiger partial charge on any atom is -0.354 e. The van der Waals surface area contributed by atoms with Crippen LogP contribution < -0.4 is 9.80 Å². The zero-order chi connectivity index (χ0) is 22.2. The monoisotopic (exact) mass is 452 g/mol. The minimum atomic E-state index is -4.03. The Labute approximate surface area is 181 Å². The normalized spacial score (nSPS) is 19.1. The van der Waals surface area contributed by atoms with Gasteiger partial charge >= 0.3 is 0 Å². The summed E-state index contributed by atoms with van der Waals surface area (Å²) in [5, 5.41) is 0. The summed E-state index contributed by atoms with van der Waals surface area (Å²) in [7, 11) is -1.94. The van der Waals surface area contributed by atoms with Gasteiger partial charge in [0, 0.05) is 64.5 Å². The maximum atomic E-state index is 14.1. The van der Waals surface area contributed by atoms with Gasteiger partial charge in [-0.05, 0) is 26.1 Å². The summed E-state index contributed by atoms with van der Waals surface area (Å²) in [4.78, 5) is 15.1. The zero-order valence-corrected chi connectivity index (χ0v) is 18.4. The molecule has 0 N–H and O–H groups in total. The third kappa shape index (κ3) is 4.63. The maximum Gasteiger partial charge on any atom is 0.246 e. The van der Waals surface area contributed by atoms with Crippen molar-refractivity contribution in [2.45, 2.75) is 11.8 Å². The molecular weight excluding hydrogens is 426 g/mol. The van der Waals surface area contributed by atoms with Gasteiger partial charge in [-0.15, -0.1) is 0 Å². The second-order valence-corrected chi connectivity index (χ2v) is 9.79. The van der Waals surface area contributed by atoms with E-state index in [4.69, 9.17) is 0 Å². The SMILES string of the molecule is Cc1nc(N2CCN(C)CC2)cc(N2CCN(S(=O)(=O)c3ccc(F)cc3F)CC2)n1. The van der Waals surface area contributed by atoms with Gasteiger partial charge in [-0.3, -0.25) is 0 Å². The summed E-state index contributed by atoms with van der Waals surface area (Å²) >= 11 is 0. The quantitative estimate of drug-likeness (QED) is 0.693. The number of anilines is 2. The molecule has 0 aliphatic carbocycles. The molecule has 31 heavy (non-hydrogen) atoms. The molecule has 8 nitrogen and oxygen atoms in total. The van der Waals surface area contributed by atoms with Crippen LogP contribution in [0.4, 0.5) is 20.4 Å². The third-order valence-electron chi connectivity index (χ3n) is 5.71. The van der Waals surface area contributed by atoms with E-state index in [9.17, 15) is 17.2 Å². The number of sulfonamides is 1. The number of rotatable bonds is 4. The van der Waals surface area contributed by atoms with Gasteiger partial charge in [0.25, 0.3) is 0 Å². The van der Waals surface area contributed by atoms with Gasteiger partial charge < -0.3 is 14.7 Å². The molecule has 0 saturated carbocycles. The van der Waals surface area contributed by atoms with Crippen LogP contribution in [0.5, 0.6) is 0 Å². The van der Waals surface area contributed by atoms with Crippen LogP contribution in [0.3, 0.4) is 0 Å². The van der Waals surface area contributed by atoms with E-state index in [-0.39, 0.29) is 13.1 Å². The van der Waals surface area contributed by atoms with E-state index in [1.807, 2.05) is 17.9 Å². The molecule has 0 unspecified atom stereocenters. The lowest BCUT2D eigenvalue weighted by Crippen LogP contribution is -2.49. The number of halogens is 2. The first-order valence-electron chi connectivity index (χ1n) is 10.2. The van der Waals surface area contributed by atoms with Crippen LogP contribution in [0, 0.1) is 18.6 Å². The summed E-state index contributed by atoms with van der Waals surface area (Å²) in [5.74, 6) is 0.405. The van der Waals surface area contributed by atoms with Gasteiger partial charge in [0.2, 0.25) is 10.0 Å². The van der Waals surface area contributed by atoms with Crippen molar-refractivity contribution in [1.29, 1.82) is 0 Å². The summed E-state index contributed by atoms with van der Waals surface area (Å²) in [6.07, 6.45) is 0. The lowest BCUT2D eigenvalue weighted by atomic mass is 10.3. The highest BCUT2D eigenvalue weighted by atomic mass is 32.2. The Bertz CT molecular complexity index is 1050. The number of benzene rings is 1. The van der Waals surface area contributed by atoms with Crippen molar-refractivity contribution in [3.8, 4) is 0 Å². The van der Waals surface area contributed by atoms with Crippen LogP contribution >= 0.6 is 0 Å². The Morgan fingerprint density at radius 1 is 0.839 bits per heavy atom. The van der Waals surface area contributed by atoms with Gasteiger partial charge in [0.15, 0.2) is 0 Å². The molecule has 1 aromatic heterocycles. The average Bonchev–Trinajstić information content (AvgIpc) is 2.73. The van der Waals surface area contributed by atoms with Crippen LogP contribution in [-0.2, 0) is 10.0 Å². The number of nitrogens with zero attached hydrogens (tertiary/aromatic N) is 6. The highest BCUT2D eigenvalue weighted by Crippen LogP contribution is 2.25. The van der Waals surface area contributed by atoms with E-state index < -0.39 is 26.6 Å². The molecule has 11 heteroatoms. The molecule has 0 atom stereocenters. The van der Waals surface area contributed by atoms with E-state index in [1.165, 1.54) is 4.31 Å². The van der Waals surface area contributed by atoms with Gasteiger partial charge in [0.1, 0.15) is 34.0 Å². The van der Waals surface area contributed by atoms with Gasteiger partial charge in [-0.2, -0.15) is 4.31 Å². The van der Waals surface area contributed by atoms with Crippen molar-refractivity contribution in [3.63, 3.8) is 0 Å². The van der Waals surface area contributed by atoms with E-state index in [2.05, 4.69) is 26.8 Å². The summed E-state index contributed by atoms with van der Waals surface area (Å²) < 4.78 is 54.1. The van der Waals surface area contributed by atoms with Crippen molar-refractivity contribution in [2.75, 3.05) is 69.2 Å². The maximum absolute atomic E-state index is 14.1. The molecule has 1 aromatic carbocycles. The molecule has 2 fully saturated rings. The number of hydrogen-bond donors (Lipinski definition) is 0. The summed E-state index contributed by atoms with van der Waals surface area (Å²) in [6.45, 7) is 6.77. The lowest BCUT2D eigenvalue weighted by molar-refractivity contribution is 0.312. The molecule has 2 aromatic rings. The van der Waals surface area contributed by atoms with Crippen LogP contribution in [-0.4, -0.2) is 87.0 Å². The second-order valence-electron chi connectivity index (χ2n) is 7.89. The Hall–Kier alpha value is -2.37. The van der Waals surface area contributed by atoms with Crippen molar-refractivity contribution >= 4 is 21.7 Å². The van der Waals surface area contributed by atoms with Crippen LogP contribution in [0.2, 0.25) is 0 Å². The molecule has 4 rings (SSSR count). The van der Waals surface area contributed by atoms with E-state index in [0.29, 0.717) is 25.0 Å². The summed E-state index contributed by atoms with van der Waals surface area (Å²) in [6, 6.07) is 4.47. The molecule has 0 spiro atoms. The molecule has 2 aliphatic heterocycles. The Morgan fingerprint density at radius 2 is 1.39 bits per heavy atom. The van der Waals surface area contributed by atoms with Crippen LogP contribution in [0.1, 0.15) is 5.82 Å². The lowest BCUT2D eigenvalue weighted by Gasteiger charge is -2.36. The third-order valence-corrected chi connectivity index (χ3v) is 7.64. The van der Waals surface area contributed by atoms with Crippen molar-refractivity contribution in [1.82, 2.24) is 19.2 Å². The Morgan fingerprint density at radius 3 is 1.94 bits per heavy atom. The number of aryl methyl sites for hydroxylation is 1. The van der Waals surface area contributed by atoms with Crippen LogP contribution in [0.25, 0.3) is 0 Å². The summed E-state index contributed by atoms with van der Waals surface area (Å²) in [5.41, 5.74) is 0. The van der Waals surface area contributed by atoms with Gasteiger partial charge in [0.05, 0.1) is 0 Å². The molecular formula is C20H26F2N6O2S. The van der Waals surface area contributed by atoms with Crippen molar-refractivity contribution in [2.24, 2.45) is 0 Å². The van der Waals surface area contributed by atoms with Gasteiger partial charge in [-0.25, -0.2) is 27.2 Å². The fourth-order valence-corrected chi connectivity index (χ4v) is 5.34. The standard InChI is InChI=1S/C20H26F2N6O2S/c1-15-23-19(26-7-5-25(2)6-8-26)14-20(24-15)27-9-11-28(12-10-27)31(29,30)18-4-3-16(21)13-17(18)22/h3-4,13-14H,5-12H2,1-2H3. The Kier molecular flexibility index (Phi) is 6.09. The van der Waals surface area contributed by atoms with E-state index in [1.54, 1.807) is 0 Å². The molecule has 3 heterocycles. The second kappa shape index (κ2) is 8.64. The molecule has 168 valence electrons. The van der Waals surface area contributed by atoms with E-state index >= 15 is 0 Å². The zero-order valence-electron chi connectivity index (χ0n) is 17.6. The predicted octanol–water partition coefficient (Wildman–Crippen LogP) is 1.33. The molecule has 2 aliphatic rings.